The fourth-order valence-electron chi connectivity index (χ4n) is 2.86. The molecule has 0 bridgehead atoms. The third-order valence-corrected chi connectivity index (χ3v) is 4.35. The zero-order chi connectivity index (χ0) is 18.5. The molecule has 0 spiro atoms. The fourth-order valence-corrected chi connectivity index (χ4v) is 2.86. The number of methoxy groups -OCH3 is 2. The molecule has 136 valence electrons. The first-order valence-electron chi connectivity index (χ1n) is 8.36. The Labute approximate surface area is 152 Å². The van der Waals surface area contributed by atoms with Crippen LogP contribution in [0.4, 0.5) is 4.39 Å². The Morgan fingerprint density at radius 2 is 1.88 bits per heavy atom. The molecule has 2 N–H and O–H groups in total. The Morgan fingerprint density at radius 3 is 2.58 bits per heavy atom. The van der Waals surface area contributed by atoms with Crippen LogP contribution >= 0.6 is 0 Å². The van der Waals surface area contributed by atoms with Gasteiger partial charge in [-0.05, 0) is 49.4 Å². The highest BCUT2D eigenvalue weighted by atomic mass is 19.1. The number of aromatic nitrogens is 2. The molecule has 0 amide bonds. The van der Waals surface area contributed by atoms with Crippen LogP contribution in [0.1, 0.15) is 24.1 Å². The number of benzene rings is 2. The second kappa shape index (κ2) is 8.01. The van der Waals surface area contributed by atoms with Crippen molar-refractivity contribution in [2.45, 2.75) is 19.5 Å². The number of ether oxygens (including phenoxy) is 2. The van der Waals surface area contributed by atoms with Gasteiger partial charge >= 0.3 is 0 Å². The van der Waals surface area contributed by atoms with Crippen molar-refractivity contribution in [3.05, 3.63) is 65.6 Å². The van der Waals surface area contributed by atoms with Crippen molar-refractivity contribution in [2.24, 2.45) is 0 Å². The molecule has 0 aliphatic heterocycles. The number of halogens is 1. The largest absolute Gasteiger partial charge is 0.497 e. The molecule has 0 radical (unpaired) electrons. The zero-order valence-electron chi connectivity index (χ0n) is 15.0. The van der Waals surface area contributed by atoms with Crippen LogP contribution in [-0.4, -0.2) is 24.4 Å². The molecule has 2 aromatic carbocycles. The third kappa shape index (κ3) is 3.86. The minimum atomic E-state index is -0.258. The van der Waals surface area contributed by atoms with Gasteiger partial charge in [-0.3, -0.25) is 5.10 Å². The first kappa shape index (κ1) is 17.9. The lowest BCUT2D eigenvalue weighted by molar-refractivity contribution is 0.391. The van der Waals surface area contributed by atoms with E-state index in [-0.39, 0.29) is 11.9 Å². The molecule has 0 fully saturated rings. The summed E-state index contributed by atoms with van der Waals surface area (Å²) in [5.41, 5.74) is 3.79. The molecule has 1 heterocycles. The van der Waals surface area contributed by atoms with E-state index in [9.17, 15) is 4.39 Å². The second-order valence-corrected chi connectivity index (χ2v) is 5.99. The minimum absolute atomic E-state index is 0.0380. The number of aromatic amines is 1. The molecular weight excluding hydrogens is 333 g/mol. The quantitative estimate of drug-likeness (QED) is 0.670. The van der Waals surface area contributed by atoms with Crippen molar-refractivity contribution >= 4 is 0 Å². The number of hydrogen-bond donors (Lipinski definition) is 2. The highest BCUT2D eigenvalue weighted by Gasteiger charge is 2.14. The van der Waals surface area contributed by atoms with Gasteiger partial charge in [0.05, 0.1) is 26.1 Å². The Morgan fingerprint density at radius 1 is 1.12 bits per heavy atom. The van der Waals surface area contributed by atoms with Crippen LogP contribution in [0.2, 0.25) is 0 Å². The maximum Gasteiger partial charge on any atom is 0.123 e. The second-order valence-electron chi connectivity index (χ2n) is 5.99. The summed E-state index contributed by atoms with van der Waals surface area (Å²) in [5.74, 6) is 1.33. The molecule has 3 rings (SSSR count). The summed E-state index contributed by atoms with van der Waals surface area (Å²) in [6.45, 7) is 2.67. The normalized spacial score (nSPS) is 12.0. The van der Waals surface area contributed by atoms with Crippen molar-refractivity contribution in [1.82, 2.24) is 15.5 Å². The average molecular weight is 355 g/mol. The van der Waals surface area contributed by atoms with Crippen LogP contribution in [0.5, 0.6) is 11.5 Å². The van der Waals surface area contributed by atoms with Gasteiger partial charge in [-0.2, -0.15) is 5.10 Å². The van der Waals surface area contributed by atoms with Gasteiger partial charge in [0, 0.05) is 29.3 Å². The predicted molar refractivity (Wildman–Crippen MR) is 98.8 cm³/mol. The average Bonchev–Trinajstić information content (AvgIpc) is 3.14. The SMILES string of the molecule is COc1ccc(OC)c([C@@H](C)NCc2cn[nH]c2-c2ccc(F)cc2)c1. The van der Waals surface area contributed by atoms with Crippen LogP contribution in [0.15, 0.2) is 48.7 Å². The van der Waals surface area contributed by atoms with Crippen LogP contribution in [0.25, 0.3) is 11.3 Å². The minimum Gasteiger partial charge on any atom is -0.497 e. The number of nitrogens with zero attached hydrogens (tertiary/aromatic N) is 1. The number of H-pyrrole nitrogens is 1. The fraction of sp³-hybridized carbons (Fsp3) is 0.250. The van der Waals surface area contributed by atoms with Gasteiger partial charge in [0.15, 0.2) is 0 Å². The van der Waals surface area contributed by atoms with E-state index < -0.39 is 0 Å². The Bertz CT molecular complexity index is 862. The predicted octanol–water partition coefficient (Wildman–Crippen LogP) is 4.08. The van der Waals surface area contributed by atoms with Crippen molar-refractivity contribution in [2.75, 3.05) is 14.2 Å². The first-order valence-corrected chi connectivity index (χ1v) is 8.36. The van der Waals surface area contributed by atoms with E-state index >= 15 is 0 Å². The van der Waals surface area contributed by atoms with E-state index in [4.69, 9.17) is 9.47 Å². The van der Waals surface area contributed by atoms with E-state index in [0.717, 1.165) is 33.9 Å². The van der Waals surface area contributed by atoms with Crippen molar-refractivity contribution < 1.29 is 13.9 Å². The summed E-state index contributed by atoms with van der Waals surface area (Å²) in [6, 6.07) is 12.1. The Kier molecular flexibility index (Phi) is 5.53. The lowest BCUT2D eigenvalue weighted by atomic mass is 10.0. The van der Waals surface area contributed by atoms with Gasteiger partial charge in [-0.25, -0.2) is 4.39 Å². The smallest absolute Gasteiger partial charge is 0.123 e. The lowest BCUT2D eigenvalue weighted by Crippen LogP contribution is -2.19. The molecule has 0 aliphatic carbocycles. The van der Waals surface area contributed by atoms with Crippen molar-refractivity contribution in [1.29, 1.82) is 0 Å². The number of rotatable bonds is 7. The third-order valence-electron chi connectivity index (χ3n) is 4.35. The summed E-state index contributed by atoms with van der Waals surface area (Å²) in [6.07, 6.45) is 1.78. The molecule has 1 atom stereocenters. The van der Waals surface area contributed by atoms with Gasteiger partial charge in [0.1, 0.15) is 17.3 Å². The summed E-state index contributed by atoms with van der Waals surface area (Å²) in [5, 5.41) is 10.6. The lowest BCUT2D eigenvalue weighted by Gasteiger charge is -2.18. The molecular formula is C20H22FN3O2. The monoisotopic (exact) mass is 355 g/mol. The number of nitrogens with one attached hydrogen (secondary N) is 2. The summed E-state index contributed by atoms with van der Waals surface area (Å²) >= 11 is 0. The molecule has 0 saturated heterocycles. The molecule has 5 nitrogen and oxygen atoms in total. The highest BCUT2D eigenvalue weighted by Crippen LogP contribution is 2.30. The van der Waals surface area contributed by atoms with Gasteiger partial charge in [0.2, 0.25) is 0 Å². The molecule has 0 saturated carbocycles. The maximum absolute atomic E-state index is 13.1. The Hall–Kier alpha value is -2.86. The maximum atomic E-state index is 13.1. The molecule has 6 heteroatoms. The van der Waals surface area contributed by atoms with Gasteiger partial charge in [-0.15, -0.1) is 0 Å². The van der Waals surface area contributed by atoms with E-state index in [1.54, 1.807) is 32.5 Å². The van der Waals surface area contributed by atoms with Crippen molar-refractivity contribution in [3.63, 3.8) is 0 Å². The van der Waals surface area contributed by atoms with Crippen LogP contribution in [-0.2, 0) is 6.54 Å². The van der Waals surface area contributed by atoms with Crippen LogP contribution in [0.3, 0.4) is 0 Å². The topological polar surface area (TPSA) is 59.2 Å². The summed E-state index contributed by atoms with van der Waals surface area (Å²) in [4.78, 5) is 0. The summed E-state index contributed by atoms with van der Waals surface area (Å²) in [7, 11) is 3.30. The van der Waals surface area contributed by atoms with Gasteiger partial charge in [0.25, 0.3) is 0 Å². The first-order chi connectivity index (χ1) is 12.6. The molecule has 26 heavy (non-hydrogen) atoms. The Balaban J connectivity index is 1.76. The van der Waals surface area contributed by atoms with E-state index in [1.807, 2.05) is 18.2 Å². The van der Waals surface area contributed by atoms with Crippen LogP contribution in [0, 0.1) is 5.82 Å². The number of hydrogen-bond acceptors (Lipinski definition) is 4. The van der Waals surface area contributed by atoms with Crippen molar-refractivity contribution in [3.8, 4) is 22.8 Å². The van der Waals surface area contributed by atoms with Gasteiger partial charge in [-0.1, -0.05) is 0 Å². The molecule has 0 unspecified atom stereocenters. The van der Waals surface area contributed by atoms with Crippen LogP contribution < -0.4 is 14.8 Å². The molecule has 0 aliphatic rings. The molecule has 1 aromatic heterocycles. The standard InChI is InChI=1S/C20H22FN3O2/c1-13(18-10-17(25-2)8-9-19(18)26-3)22-11-15-12-23-24-20(15)14-4-6-16(21)7-5-14/h4-10,12-13,22H,11H2,1-3H3,(H,23,24)/t13-/m1/s1. The zero-order valence-corrected chi connectivity index (χ0v) is 15.0. The van der Waals surface area contributed by atoms with E-state index in [2.05, 4.69) is 22.4 Å². The highest BCUT2D eigenvalue weighted by molar-refractivity contribution is 5.62. The van der Waals surface area contributed by atoms with Gasteiger partial charge < -0.3 is 14.8 Å². The van der Waals surface area contributed by atoms with E-state index in [0.29, 0.717) is 6.54 Å². The van der Waals surface area contributed by atoms with E-state index in [1.165, 1.54) is 12.1 Å². The summed E-state index contributed by atoms with van der Waals surface area (Å²) < 4.78 is 23.9. The molecule has 3 aromatic rings.